The van der Waals surface area contributed by atoms with E-state index in [9.17, 15) is 0 Å². The van der Waals surface area contributed by atoms with Crippen molar-refractivity contribution in [1.82, 2.24) is 19.9 Å². The van der Waals surface area contributed by atoms with Crippen LogP contribution in [0.3, 0.4) is 0 Å². The number of imidazole rings is 1. The normalized spacial score (nSPS) is 12.2. The lowest BCUT2D eigenvalue weighted by Gasteiger charge is -2.05. The zero-order valence-electron chi connectivity index (χ0n) is 17.8. The van der Waals surface area contributed by atoms with Crippen LogP contribution in [0.1, 0.15) is 50.4 Å². The number of unbranched alkanes of at least 4 members (excludes halogenated alkanes) is 3. The number of aromatic nitrogens is 4. The molecule has 0 radical (unpaired) electrons. The fraction of sp³-hybridized carbons (Fsp3) is 0.222. The lowest BCUT2D eigenvalue weighted by atomic mass is 10.0. The minimum atomic E-state index is 0.903. The Labute approximate surface area is 182 Å². The molecule has 3 heterocycles. The quantitative estimate of drug-likeness (QED) is 0.230. The minimum Gasteiger partial charge on any atom is -0.338 e. The van der Waals surface area contributed by atoms with Crippen LogP contribution in [0.2, 0.25) is 0 Å². The summed E-state index contributed by atoms with van der Waals surface area (Å²) in [6.07, 6.45) is 11.8. The first-order valence-electron chi connectivity index (χ1n) is 11.1. The fourth-order valence-corrected chi connectivity index (χ4v) is 4.25. The number of pyridine rings is 2. The van der Waals surface area contributed by atoms with Crippen molar-refractivity contribution < 1.29 is 0 Å². The van der Waals surface area contributed by atoms with Crippen molar-refractivity contribution in [1.29, 1.82) is 0 Å². The average Bonchev–Trinajstić information content (AvgIpc) is 3.28. The molecule has 3 aromatic heterocycles. The van der Waals surface area contributed by atoms with Crippen LogP contribution in [-0.2, 0) is 0 Å². The summed E-state index contributed by atoms with van der Waals surface area (Å²) in [5, 5.41) is 2.10. The number of nitrogens with zero attached hydrogens (tertiary/aromatic N) is 3. The molecule has 4 nitrogen and oxygen atoms in total. The molecule has 0 saturated heterocycles. The van der Waals surface area contributed by atoms with Crippen LogP contribution in [-0.4, -0.2) is 19.9 Å². The number of hydrogen-bond donors (Lipinski definition) is 1. The van der Waals surface area contributed by atoms with Crippen LogP contribution in [0, 0.1) is 0 Å². The zero-order valence-corrected chi connectivity index (χ0v) is 17.8. The number of allylic oxidation sites excluding steroid dienone is 1. The minimum absolute atomic E-state index is 0.903. The summed E-state index contributed by atoms with van der Waals surface area (Å²) in [7, 11) is 0. The third-order valence-corrected chi connectivity index (χ3v) is 5.81. The van der Waals surface area contributed by atoms with Crippen molar-refractivity contribution >= 4 is 44.5 Å². The van der Waals surface area contributed by atoms with Gasteiger partial charge in [-0.1, -0.05) is 56.5 Å². The van der Waals surface area contributed by atoms with Gasteiger partial charge in [-0.2, -0.15) is 0 Å². The lowest BCUT2D eigenvalue weighted by molar-refractivity contribution is 0.678. The molecule has 0 amide bonds. The van der Waals surface area contributed by atoms with E-state index in [2.05, 4.69) is 70.4 Å². The number of hydrogen-bond acceptors (Lipinski definition) is 3. The van der Waals surface area contributed by atoms with Gasteiger partial charge >= 0.3 is 0 Å². The number of H-pyrrole nitrogens is 1. The molecule has 0 spiro atoms. The molecule has 0 aliphatic heterocycles. The predicted octanol–water partition coefficient (Wildman–Crippen LogP) is 7.17. The van der Waals surface area contributed by atoms with Gasteiger partial charge in [0.1, 0.15) is 5.82 Å². The van der Waals surface area contributed by atoms with E-state index in [0.29, 0.717) is 0 Å². The highest BCUT2D eigenvalue weighted by Gasteiger charge is 2.16. The Morgan fingerprint density at radius 1 is 0.806 bits per heavy atom. The van der Waals surface area contributed by atoms with Gasteiger partial charge in [0.2, 0.25) is 0 Å². The molecule has 0 aliphatic carbocycles. The summed E-state index contributed by atoms with van der Waals surface area (Å²) in [6, 6.07) is 18.6. The van der Waals surface area contributed by atoms with Crippen LogP contribution in [0.5, 0.6) is 0 Å². The van der Waals surface area contributed by atoms with Crippen LogP contribution in [0.25, 0.3) is 44.5 Å². The van der Waals surface area contributed by atoms with E-state index in [4.69, 9.17) is 4.98 Å². The molecule has 0 atom stereocenters. The Morgan fingerprint density at radius 3 is 2.32 bits per heavy atom. The predicted molar refractivity (Wildman–Crippen MR) is 130 cm³/mol. The number of benzene rings is 2. The van der Waals surface area contributed by atoms with E-state index in [0.717, 1.165) is 51.5 Å². The molecule has 0 fully saturated rings. The second kappa shape index (κ2) is 8.68. The summed E-state index contributed by atoms with van der Waals surface area (Å²) in [5.41, 5.74) is 6.26. The van der Waals surface area contributed by atoms with Gasteiger partial charge in [-0.25, -0.2) is 4.98 Å². The maximum atomic E-state index is 5.09. The van der Waals surface area contributed by atoms with E-state index in [1.54, 1.807) is 0 Å². The summed E-state index contributed by atoms with van der Waals surface area (Å²) in [5.74, 6) is 0.942. The Bertz CT molecular complexity index is 1290. The van der Waals surface area contributed by atoms with E-state index in [1.807, 2.05) is 24.5 Å². The summed E-state index contributed by atoms with van der Waals surface area (Å²) in [4.78, 5) is 18.0. The van der Waals surface area contributed by atoms with Crippen molar-refractivity contribution in [2.75, 3.05) is 0 Å². The Morgan fingerprint density at radius 2 is 1.55 bits per heavy atom. The van der Waals surface area contributed by atoms with E-state index in [1.165, 1.54) is 30.4 Å². The van der Waals surface area contributed by atoms with Gasteiger partial charge in [-0.15, -0.1) is 0 Å². The van der Waals surface area contributed by atoms with Gasteiger partial charge in [-0.3, -0.25) is 9.97 Å². The molecule has 5 rings (SSSR count). The Balaban J connectivity index is 1.68. The van der Waals surface area contributed by atoms with E-state index < -0.39 is 0 Å². The number of rotatable bonds is 7. The second-order valence-electron chi connectivity index (χ2n) is 8.00. The van der Waals surface area contributed by atoms with Gasteiger partial charge in [0.15, 0.2) is 0 Å². The number of fused-ring (bicyclic) bond motifs is 6. The van der Waals surface area contributed by atoms with Gasteiger partial charge in [0, 0.05) is 23.2 Å². The molecule has 1 N–H and O–H groups in total. The van der Waals surface area contributed by atoms with Crippen molar-refractivity contribution in [2.24, 2.45) is 0 Å². The first kappa shape index (κ1) is 19.4. The van der Waals surface area contributed by atoms with Crippen LogP contribution in [0.15, 0.2) is 67.0 Å². The summed E-state index contributed by atoms with van der Waals surface area (Å²) in [6.45, 7) is 2.25. The maximum absolute atomic E-state index is 5.09. The molecule has 0 aliphatic rings. The first-order valence-corrected chi connectivity index (χ1v) is 11.1. The van der Waals surface area contributed by atoms with Gasteiger partial charge in [-0.05, 0) is 54.3 Å². The SMILES string of the molecule is CCCCCC/C(=C\c1ccccc1)c1nc2c3cccnc3c3ncccc3c2[nH]1. The smallest absolute Gasteiger partial charge is 0.134 e. The molecular formula is C27H26N4. The third-order valence-electron chi connectivity index (χ3n) is 5.81. The highest BCUT2D eigenvalue weighted by atomic mass is 14.9. The molecule has 31 heavy (non-hydrogen) atoms. The monoisotopic (exact) mass is 406 g/mol. The number of aromatic amines is 1. The molecule has 154 valence electrons. The van der Waals surface area contributed by atoms with Crippen molar-refractivity contribution in [3.05, 3.63) is 78.4 Å². The van der Waals surface area contributed by atoms with Crippen LogP contribution >= 0.6 is 0 Å². The second-order valence-corrected chi connectivity index (χ2v) is 8.00. The highest BCUT2D eigenvalue weighted by molar-refractivity contribution is 6.20. The standard InChI is InChI=1S/C27H26N4/c1-2-3-4-8-13-20(18-19-11-6-5-7-12-19)27-30-25-21-14-9-16-28-23(21)24-22(26(25)31-27)15-10-17-29-24/h5-7,9-12,14-18H,2-4,8,13H2,1H3,(H,30,31)/b20-18+. The van der Waals surface area contributed by atoms with E-state index >= 15 is 0 Å². The van der Waals surface area contributed by atoms with E-state index in [-0.39, 0.29) is 0 Å². The first-order chi connectivity index (χ1) is 15.3. The van der Waals surface area contributed by atoms with Gasteiger partial charge in [0.25, 0.3) is 0 Å². The average molecular weight is 407 g/mol. The molecule has 4 heteroatoms. The summed E-state index contributed by atoms with van der Waals surface area (Å²) < 4.78 is 0. The largest absolute Gasteiger partial charge is 0.338 e. The summed E-state index contributed by atoms with van der Waals surface area (Å²) >= 11 is 0. The highest BCUT2D eigenvalue weighted by Crippen LogP contribution is 2.33. The zero-order chi connectivity index (χ0) is 21.0. The van der Waals surface area contributed by atoms with Crippen LogP contribution < -0.4 is 0 Å². The topological polar surface area (TPSA) is 54.5 Å². The van der Waals surface area contributed by atoms with Gasteiger partial charge < -0.3 is 4.98 Å². The Hall–Kier alpha value is -3.53. The van der Waals surface area contributed by atoms with Crippen LogP contribution in [0.4, 0.5) is 0 Å². The molecule has 5 aromatic rings. The molecule has 0 unspecified atom stereocenters. The van der Waals surface area contributed by atoms with Crippen molar-refractivity contribution in [3.8, 4) is 0 Å². The van der Waals surface area contributed by atoms with Crippen molar-refractivity contribution in [3.63, 3.8) is 0 Å². The third kappa shape index (κ3) is 3.81. The fourth-order valence-electron chi connectivity index (χ4n) is 4.25. The van der Waals surface area contributed by atoms with Gasteiger partial charge in [0.05, 0.1) is 22.1 Å². The Kier molecular flexibility index (Phi) is 5.44. The molecule has 0 bridgehead atoms. The maximum Gasteiger partial charge on any atom is 0.134 e. The molecule has 2 aromatic carbocycles. The number of nitrogens with one attached hydrogen (secondary N) is 1. The lowest BCUT2D eigenvalue weighted by Crippen LogP contribution is -1.89. The molecular weight excluding hydrogens is 380 g/mol. The molecule has 0 saturated carbocycles. The van der Waals surface area contributed by atoms with Crippen molar-refractivity contribution in [2.45, 2.75) is 39.0 Å².